The number of carbonyl (C=O) groups is 1. The lowest BCUT2D eigenvalue weighted by atomic mass is 9.86. The van der Waals surface area contributed by atoms with Gasteiger partial charge in [-0.1, -0.05) is 65.8 Å². The van der Waals surface area contributed by atoms with Gasteiger partial charge in [-0.15, -0.1) is 0 Å². The highest BCUT2D eigenvalue weighted by molar-refractivity contribution is 6.08. The maximum absolute atomic E-state index is 11.6. The quantitative estimate of drug-likeness (QED) is 0.924. The van der Waals surface area contributed by atoms with E-state index in [1.54, 1.807) is 0 Å². The minimum atomic E-state index is -0.757. The van der Waals surface area contributed by atoms with Crippen molar-refractivity contribution in [3.63, 3.8) is 0 Å². The fourth-order valence-electron chi connectivity index (χ4n) is 2.43. The molecule has 0 unspecified atom stereocenters. The van der Waals surface area contributed by atoms with Gasteiger partial charge >= 0.3 is 0 Å². The summed E-state index contributed by atoms with van der Waals surface area (Å²) in [6.07, 6.45) is -0.757. The number of benzene rings is 2. The number of hydrogen-bond donors (Lipinski definition) is 1. The third-order valence-electron chi connectivity index (χ3n) is 3.37. The monoisotopic (exact) mass is 266 g/mol. The number of amides is 1. The summed E-state index contributed by atoms with van der Waals surface area (Å²) in [5, 5.41) is 4.08. The molecule has 0 saturated heterocycles. The summed E-state index contributed by atoms with van der Waals surface area (Å²) in [4.78, 5) is 16.8. The SMILES string of the molecule is NC(=O)[C@H]1ON=C(c2ccccc2)[C@@H]1c1ccccc1. The van der Waals surface area contributed by atoms with Gasteiger partial charge in [0.2, 0.25) is 6.10 Å². The third kappa shape index (κ3) is 2.16. The number of carbonyl (C=O) groups excluding carboxylic acids is 1. The minimum Gasteiger partial charge on any atom is -0.381 e. The molecule has 2 aromatic carbocycles. The highest BCUT2D eigenvalue weighted by atomic mass is 16.6. The van der Waals surface area contributed by atoms with Crippen molar-refractivity contribution in [2.45, 2.75) is 12.0 Å². The molecule has 0 saturated carbocycles. The largest absolute Gasteiger partial charge is 0.381 e. The van der Waals surface area contributed by atoms with Crippen LogP contribution in [0.3, 0.4) is 0 Å². The zero-order valence-electron chi connectivity index (χ0n) is 10.8. The molecule has 4 nitrogen and oxygen atoms in total. The van der Waals surface area contributed by atoms with Crippen molar-refractivity contribution in [3.05, 3.63) is 71.8 Å². The van der Waals surface area contributed by atoms with E-state index in [0.717, 1.165) is 16.8 Å². The first-order chi connectivity index (χ1) is 9.77. The lowest BCUT2D eigenvalue weighted by Crippen LogP contribution is -2.35. The van der Waals surface area contributed by atoms with Gasteiger partial charge in [0.05, 0.1) is 11.6 Å². The van der Waals surface area contributed by atoms with Crippen LogP contribution in [0.2, 0.25) is 0 Å². The fourth-order valence-corrected chi connectivity index (χ4v) is 2.43. The number of rotatable bonds is 3. The standard InChI is InChI=1S/C16H14N2O2/c17-16(19)15-13(11-7-3-1-4-8-11)14(18-20-15)12-9-5-2-6-10-12/h1-10,13,15H,(H2,17,19)/t13-,15-/m0/s1. The lowest BCUT2D eigenvalue weighted by Gasteiger charge is -2.16. The molecule has 0 aromatic heterocycles. The molecule has 4 heteroatoms. The molecule has 0 fully saturated rings. The first-order valence-corrected chi connectivity index (χ1v) is 6.41. The summed E-state index contributed by atoms with van der Waals surface area (Å²) in [6, 6.07) is 19.4. The van der Waals surface area contributed by atoms with E-state index in [-0.39, 0.29) is 5.92 Å². The van der Waals surface area contributed by atoms with Crippen LogP contribution in [0.15, 0.2) is 65.8 Å². The molecule has 1 aliphatic rings. The summed E-state index contributed by atoms with van der Waals surface area (Å²) in [7, 11) is 0. The molecule has 1 aliphatic heterocycles. The summed E-state index contributed by atoms with van der Waals surface area (Å²) < 4.78 is 0. The van der Waals surface area contributed by atoms with Gasteiger partial charge in [0.1, 0.15) is 0 Å². The van der Waals surface area contributed by atoms with Crippen LogP contribution in [0.1, 0.15) is 17.0 Å². The van der Waals surface area contributed by atoms with Crippen molar-refractivity contribution >= 4 is 11.6 Å². The van der Waals surface area contributed by atoms with Crippen molar-refractivity contribution in [2.75, 3.05) is 0 Å². The number of hydrogen-bond acceptors (Lipinski definition) is 3. The van der Waals surface area contributed by atoms with E-state index in [0.29, 0.717) is 0 Å². The second-order valence-corrected chi connectivity index (χ2v) is 4.66. The Morgan fingerprint density at radius 3 is 2.20 bits per heavy atom. The first kappa shape index (κ1) is 12.4. The maximum atomic E-state index is 11.6. The molecule has 2 aromatic rings. The molecule has 2 atom stereocenters. The average Bonchev–Trinajstić information content (AvgIpc) is 2.94. The smallest absolute Gasteiger partial charge is 0.262 e. The van der Waals surface area contributed by atoms with Gasteiger partial charge < -0.3 is 10.6 Å². The van der Waals surface area contributed by atoms with Crippen molar-refractivity contribution in [2.24, 2.45) is 10.9 Å². The van der Waals surface area contributed by atoms with Crippen LogP contribution in [-0.4, -0.2) is 17.7 Å². The van der Waals surface area contributed by atoms with Crippen molar-refractivity contribution < 1.29 is 9.63 Å². The van der Waals surface area contributed by atoms with Crippen LogP contribution < -0.4 is 5.73 Å². The van der Waals surface area contributed by atoms with Gasteiger partial charge in [-0.2, -0.15) is 0 Å². The van der Waals surface area contributed by atoms with E-state index in [2.05, 4.69) is 5.16 Å². The van der Waals surface area contributed by atoms with E-state index in [4.69, 9.17) is 10.6 Å². The summed E-state index contributed by atoms with van der Waals surface area (Å²) >= 11 is 0. The predicted octanol–water partition coefficient (Wildman–Crippen LogP) is 2.06. The molecule has 20 heavy (non-hydrogen) atoms. The van der Waals surface area contributed by atoms with E-state index in [1.807, 2.05) is 60.7 Å². The van der Waals surface area contributed by atoms with Crippen LogP contribution in [0, 0.1) is 0 Å². The average molecular weight is 266 g/mol. The van der Waals surface area contributed by atoms with Gasteiger partial charge in [0, 0.05) is 5.56 Å². The van der Waals surface area contributed by atoms with Crippen LogP contribution in [-0.2, 0) is 9.63 Å². The van der Waals surface area contributed by atoms with Gasteiger partial charge in [-0.25, -0.2) is 0 Å². The fraction of sp³-hybridized carbons (Fsp3) is 0.125. The first-order valence-electron chi connectivity index (χ1n) is 6.41. The van der Waals surface area contributed by atoms with Crippen LogP contribution >= 0.6 is 0 Å². The minimum absolute atomic E-state index is 0.268. The highest BCUT2D eigenvalue weighted by Gasteiger charge is 2.39. The summed E-state index contributed by atoms with van der Waals surface area (Å²) in [5.74, 6) is -0.773. The normalized spacial score (nSPS) is 21.1. The molecule has 1 amide bonds. The topological polar surface area (TPSA) is 64.7 Å². The molecule has 0 aliphatic carbocycles. The highest BCUT2D eigenvalue weighted by Crippen LogP contribution is 2.32. The molecule has 0 radical (unpaired) electrons. The van der Waals surface area contributed by atoms with Crippen LogP contribution in [0.5, 0.6) is 0 Å². The van der Waals surface area contributed by atoms with Crippen molar-refractivity contribution in [1.82, 2.24) is 0 Å². The van der Waals surface area contributed by atoms with Crippen molar-refractivity contribution in [1.29, 1.82) is 0 Å². The summed E-state index contributed by atoms with van der Waals surface area (Å²) in [5.41, 5.74) is 8.07. The van der Waals surface area contributed by atoms with Gasteiger partial charge in [-0.3, -0.25) is 4.79 Å². The molecular weight excluding hydrogens is 252 g/mol. The van der Waals surface area contributed by atoms with Crippen molar-refractivity contribution in [3.8, 4) is 0 Å². The Kier molecular flexibility index (Phi) is 3.21. The van der Waals surface area contributed by atoms with Gasteiger partial charge in [-0.05, 0) is 5.56 Å². The Balaban J connectivity index is 2.04. The number of oxime groups is 1. The molecule has 3 rings (SSSR count). The van der Waals surface area contributed by atoms with Crippen LogP contribution in [0.4, 0.5) is 0 Å². The Morgan fingerprint density at radius 2 is 1.60 bits per heavy atom. The van der Waals surface area contributed by atoms with E-state index >= 15 is 0 Å². The molecule has 2 N–H and O–H groups in total. The lowest BCUT2D eigenvalue weighted by molar-refractivity contribution is -0.128. The van der Waals surface area contributed by atoms with E-state index in [9.17, 15) is 4.79 Å². The maximum Gasteiger partial charge on any atom is 0.262 e. The van der Waals surface area contributed by atoms with Crippen LogP contribution in [0.25, 0.3) is 0 Å². The second kappa shape index (κ2) is 5.17. The van der Waals surface area contributed by atoms with Gasteiger partial charge in [0.25, 0.3) is 5.91 Å². The van der Waals surface area contributed by atoms with E-state index in [1.165, 1.54) is 0 Å². The zero-order valence-corrected chi connectivity index (χ0v) is 10.8. The number of nitrogens with zero attached hydrogens (tertiary/aromatic N) is 1. The summed E-state index contributed by atoms with van der Waals surface area (Å²) in [6.45, 7) is 0. The molecular formula is C16H14N2O2. The third-order valence-corrected chi connectivity index (χ3v) is 3.37. The molecule has 100 valence electrons. The Bertz CT molecular complexity index is 638. The number of primary amides is 1. The Morgan fingerprint density at radius 1 is 1.00 bits per heavy atom. The van der Waals surface area contributed by atoms with Gasteiger partial charge in [0.15, 0.2) is 0 Å². The van der Waals surface area contributed by atoms with E-state index < -0.39 is 12.0 Å². The Hall–Kier alpha value is -2.62. The zero-order chi connectivity index (χ0) is 13.9. The predicted molar refractivity (Wildman–Crippen MR) is 76.2 cm³/mol. The Labute approximate surface area is 116 Å². The molecule has 0 bridgehead atoms. The molecule has 0 spiro atoms. The number of nitrogens with two attached hydrogens (primary N) is 1. The molecule has 1 heterocycles. The second-order valence-electron chi connectivity index (χ2n) is 4.66.